The quantitative estimate of drug-likeness (QED) is 0.828. The highest BCUT2D eigenvalue weighted by Gasteiger charge is 2.15. The van der Waals surface area contributed by atoms with Gasteiger partial charge in [-0.25, -0.2) is 4.39 Å². The Morgan fingerprint density at radius 2 is 2.00 bits per heavy atom. The molecule has 21 heavy (non-hydrogen) atoms. The van der Waals surface area contributed by atoms with Gasteiger partial charge in [-0.3, -0.25) is 4.79 Å². The number of carbonyl (C=O) groups is 1. The van der Waals surface area contributed by atoms with Gasteiger partial charge in [0, 0.05) is 19.2 Å². The Morgan fingerprint density at radius 3 is 2.62 bits per heavy atom. The van der Waals surface area contributed by atoms with E-state index in [4.69, 9.17) is 5.73 Å². The third kappa shape index (κ3) is 5.54. The molecule has 0 radical (unpaired) electrons. The normalized spacial score (nSPS) is 10.2. The molecule has 114 valence electrons. The number of nitrogens with zero attached hydrogens (tertiary/aromatic N) is 2. The minimum Gasteiger partial charge on any atom is -0.342 e. The molecule has 1 rings (SSSR count). The molecule has 2 N–H and O–H groups in total. The van der Waals surface area contributed by atoms with Crippen LogP contribution in [0.1, 0.15) is 22.3 Å². The summed E-state index contributed by atoms with van der Waals surface area (Å²) in [5.41, 5.74) is 6.11. The van der Waals surface area contributed by atoms with Crippen molar-refractivity contribution in [2.24, 2.45) is 5.73 Å². The first-order valence-electron chi connectivity index (χ1n) is 6.84. The fourth-order valence-electron chi connectivity index (χ4n) is 1.88. The van der Waals surface area contributed by atoms with Crippen molar-refractivity contribution in [3.63, 3.8) is 0 Å². The van der Waals surface area contributed by atoms with Gasteiger partial charge in [0.15, 0.2) is 0 Å². The zero-order chi connectivity index (χ0) is 15.8. The summed E-state index contributed by atoms with van der Waals surface area (Å²) in [6.45, 7) is 1.71. The summed E-state index contributed by atoms with van der Waals surface area (Å²) >= 11 is 0. The Hall–Kier alpha value is -1.90. The first kappa shape index (κ1) is 17.2. The lowest BCUT2D eigenvalue weighted by atomic mass is 10.1. The van der Waals surface area contributed by atoms with E-state index < -0.39 is 5.82 Å². The second kappa shape index (κ2) is 8.40. The van der Waals surface area contributed by atoms with Crippen LogP contribution < -0.4 is 5.73 Å². The molecule has 0 aromatic heterocycles. The largest absolute Gasteiger partial charge is 0.342 e. The van der Waals surface area contributed by atoms with Crippen molar-refractivity contribution in [3.8, 4) is 11.8 Å². The highest BCUT2D eigenvalue weighted by atomic mass is 19.1. The second-order valence-corrected chi connectivity index (χ2v) is 5.08. The van der Waals surface area contributed by atoms with Crippen molar-refractivity contribution in [1.82, 2.24) is 9.80 Å². The van der Waals surface area contributed by atoms with Crippen LogP contribution in [0.2, 0.25) is 0 Å². The van der Waals surface area contributed by atoms with Gasteiger partial charge in [-0.1, -0.05) is 11.8 Å². The molecule has 1 aromatic rings. The maximum Gasteiger partial charge on any atom is 0.254 e. The number of nitrogens with two attached hydrogens (primary N) is 1. The van der Waals surface area contributed by atoms with Crippen LogP contribution >= 0.6 is 0 Å². The summed E-state index contributed by atoms with van der Waals surface area (Å²) < 4.78 is 13.3. The molecule has 4 nitrogen and oxygen atoms in total. The van der Waals surface area contributed by atoms with E-state index in [1.54, 1.807) is 11.9 Å². The summed E-state index contributed by atoms with van der Waals surface area (Å²) in [7, 11) is 5.71. The Morgan fingerprint density at radius 1 is 1.29 bits per heavy atom. The predicted octanol–water partition coefficient (Wildman–Crippen LogP) is 1.16. The molecule has 0 aliphatic heterocycles. The van der Waals surface area contributed by atoms with Gasteiger partial charge < -0.3 is 15.5 Å². The number of amides is 1. The monoisotopic (exact) mass is 291 g/mol. The van der Waals surface area contributed by atoms with Gasteiger partial charge in [0.25, 0.3) is 5.91 Å². The minimum atomic E-state index is -0.414. The van der Waals surface area contributed by atoms with Gasteiger partial charge in [0.1, 0.15) is 5.82 Å². The van der Waals surface area contributed by atoms with Crippen molar-refractivity contribution in [2.45, 2.75) is 6.42 Å². The van der Waals surface area contributed by atoms with Gasteiger partial charge in [-0.05, 0) is 45.3 Å². The Balaban J connectivity index is 2.85. The fourth-order valence-corrected chi connectivity index (χ4v) is 1.88. The third-order valence-corrected chi connectivity index (χ3v) is 2.98. The Labute approximate surface area is 125 Å². The number of benzene rings is 1. The topological polar surface area (TPSA) is 49.6 Å². The van der Waals surface area contributed by atoms with Gasteiger partial charge >= 0.3 is 0 Å². The summed E-state index contributed by atoms with van der Waals surface area (Å²) in [5.74, 6) is 4.84. The van der Waals surface area contributed by atoms with E-state index in [1.165, 1.54) is 18.2 Å². The summed E-state index contributed by atoms with van der Waals surface area (Å²) in [4.78, 5) is 16.1. The highest BCUT2D eigenvalue weighted by molar-refractivity contribution is 5.96. The maximum absolute atomic E-state index is 13.3. The average Bonchev–Trinajstić information content (AvgIpc) is 2.44. The van der Waals surface area contributed by atoms with E-state index in [-0.39, 0.29) is 12.5 Å². The Bertz CT molecular complexity index is 546. The van der Waals surface area contributed by atoms with E-state index in [0.29, 0.717) is 17.7 Å². The molecule has 5 heteroatoms. The molecule has 0 saturated heterocycles. The highest BCUT2D eigenvalue weighted by Crippen LogP contribution is 2.13. The number of rotatable bonds is 5. The fraction of sp³-hybridized carbons (Fsp3) is 0.438. The van der Waals surface area contributed by atoms with Crippen LogP contribution in [0.15, 0.2) is 18.2 Å². The lowest BCUT2D eigenvalue weighted by Gasteiger charge is -2.19. The maximum atomic E-state index is 13.3. The van der Waals surface area contributed by atoms with Crippen LogP contribution in [0.3, 0.4) is 0 Å². The lowest BCUT2D eigenvalue weighted by Crippen LogP contribution is -2.30. The van der Waals surface area contributed by atoms with E-state index in [0.717, 1.165) is 13.0 Å². The number of carbonyl (C=O) groups excluding carboxylic acids is 1. The molecule has 0 aliphatic carbocycles. The molecule has 1 amide bonds. The van der Waals surface area contributed by atoms with Gasteiger partial charge in [0.2, 0.25) is 0 Å². The van der Waals surface area contributed by atoms with Crippen molar-refractivity contribution >= 4 is 5.91 Å². The summed E-state index contributed by atoms with van der Waals surface area (Å²) in [5, 5.41) is 0. The van der Waals surface area contributed by atoms with Crippen LogP contribution in [0.5, 0.6) is 0 Å². The molecule has 1 aromatic carbocycles. The first-order chi connectivity index (χ1) is 9.95. The molecule has 0 bridgehead atoms. The first-order valence-corrected chi connectivity index (χ1v) is 6.84. The number of hydrogen-bond acceptors (Lipinski definition) is 3. The van der Waals surface area contributed by atoms with Crippen molar-refractivity contribution in [1.29, 1.82) is 0 Å². The van der Waals surface area contributed by atoms with Crippen LogP contribution in [-0.2, 0) is 0 Å². The van der Waals surface area contributed by atoms with E-state index in [9.17, 15) is 9.18 Å². The third-order valence-electron chi connectivity index (χ3n) is 2.98. The molecule has 0 fully saturated rings. The predicted molar refractivity (Wildman–Crippen MR) is 82.5 cm³/mol. The SMILES string of the molecule is CN(C)CCCN(C)C(=O)c1ccc(F)cc1C#CCN. The summed E-state index contributed by atoms with van der Waals surface area (Å²) in [6.07, 6.45) is 0.875. The molecular weight excluding hydrogens is 269 g/mol. The molecule has 0 spiro atoms. The number of hydrogen-bond donors (Lipinski definition) is 1. The van der Waals surface area contributed by atoms with E-state index in [2.05, 4.69) is 16.7 Å². The van der Waals surface area contributed by atoms with Crippen molar-refractivity contribution in [3.05, 3.63) is 35.1 Å². The standard InChI is InChI=1S/C16H22FN3O/c1-19(2)10-5-11-20(3)16(21)15-8-7-14(17)12-13(15)6-4-9-18/h7-8,12H,5,9-11,18H2,1-3H3. The number of halogens is 1. The smallest absolute Gasteiger partial charge is 0.254 e. The summed E-state index contributed by atoms with van der Waals surface area (Å²) in [6, 6.07) is 4.01. The molecule has 0 aliphatic rings. The van der Waals surface area contributed by atoms with Crippen LogP contribution in [0, 0.1) is 17.7 Å². The molecule has 0 atom stereocenters. The van der Waals surface area contributed by atoms with Gasteiger partial charge in [0.05, 0.1) is 12.1 Å². The lowest BCUT2D eigenvalue weighted by molar-refractivity contribution is 0.0790. The van der Waals surface area contributed by atoms with Gasteiger partial charge in [-0.15, -0.1) is 0 Å². The van der Waals surface area contributed by atoms with Crippen molar-refractivity contribution < 1.29 is 9.18 Å². The zero-order valence-electron chi connectivity index (χ0n) is 12.8. The zero-order valence-corrected chi connectivity index (χ0v) is 12.8. The van der Waals surface area contributed by atoms with Gasteiger partial charge in [-0.2, -0.15) is 0 Å². The van der Waals surface area contributed by atoms with E-state index >= 15 is 0 Å². The van der Waals surface area contributed by atoms with Crippen LogP contribution in [-0.4, -0.2) is 56.5 Å². The molecule has 0 unspecified atom stereocenters. The Kier molecular flexibility index (Phi) is 6.86. The average molecular weight is 291 g/mol. The van der Waals surface area contributed by atoms with E-state index in [1.807, 2.05) is 14.1 Å². The van der Waals surface area contributed by atoms with Crippen LogP contribution in [0.25, 0.3) is 0 Å². The second-order valence-electron chi connectivity index (χ2n) is 5.08. The molecule has 0 saturated carbocycles. The minimum absolute atomic E-state index is 0.157. The van der Waals surface area contributed by atoms with Crippen LogP contribution in [0.4, 0.5) is 4.39 Å². The molecule has 0 heterocycles. The molecular formula is C16H22FN3O. The van der Waals surface area contributed by atoms with Crippen molar-refractivity contribution in [2.75, 3.05) is 40.8 Å².